The molecule has 1 aromatic carbocycles. The van der Waals surface area contributed by atoms with E-state index in [1.54, 1.807) is 6.20 Å². The van der Waals surface area contributed by atoms with Crippen LogP contribution in [0.3, 0.4) is 0 Å². The number of anilines is 1. The zero-order chi connectivity index (χ0) is 17.9. The molecule has 2 aliphatic rings. The fourth-order valence-electron chi connectivity index (χ4n) is 4.73. The van der Waals surface area contributed by atoms with Crippen LogP contribution in [0.4, 0.5) is 5.82 Å². The maximum absolute atomic E-state index is 12.8. The van der Waals surface area contributed by atoms with Crippen LogP contribution in [-0.4, -0.2) is 21.7 Å². The molecule has 6 heteroatoms. The standard InChI is InChI=1S/C21H28N4O.ClH/c22-20-16-7-4-8-17(20)14-18(13-16)21(26)24-19-9-11-23-25(19)12-10-15-5-2-1-3-6-15;/h1-3,5-6,9,11,16-18,20H,4,7-8,10,12-14,22H2,(H,24,26);1H. The van der Waals surface area contributed by atoms with Crippen molar-refractivity contribution in [1.29, 1.82) is 0 Å². The van der Waals surface area contributed by atoms with Gasteiger partial charge in [0.1, 0.15) is 5.82 Å². The van der Waals surface area contributed by atoms with Crippen LogP contribution in [0.1, 0.15) is 37.7 Å². The average molecular weight is 389 g/mol. The molecular formula is C21H29ClN4O. The lowest BCUT2D eigenvalue weighted by Crippen LogP contribution is -2.48. The monoisotopic (exact) mass is 388 g/mol. The van der Waals surface area contributed by atoms with E-state index in [1.807, 2.05) is 28.9 Å². The first-order valence-corrected chi connectivity index (χ1v) is 9.83. The third-order valence-electron chi connectivity index (χ3n) is 6.21. The molecule has 2 saturated carbocycles. The van der Waals surface area contributed by atoms with Gasteiger partial charge in [-0.15, -0.1) is 12.4 Å². The summed E-state index contributed by atoms with van der Waals surface area (Å²) >= 11 is 0. The Morgan fingerprint density at radius 1 is 1.15 bits per heavy atom. The van der Waals surface area contributed by atoms with Gasteiger partial charge in [-0.1, -0.05) is 36.8 Å². The van der Waals surface area contributed by atoms with Crippen molar-refractivity contribution in [3.8, 4) is 0 Å². The van der Waals surface area contributed by atoms with Gasteiger partial charge >= 0.3 is 0 Å². The molecule has 0 saturated heterocycles. The molecule has 0 radical (unpaired) electrons. The minimum Gasteiger partial charge on any atom is -0.327 e. The number of amides is 1. The van der Waals surface area contributed by atoms with E-state index in [4.69, 9.17) is 5.73 Å². The van der Waals surface area contributed by atoms with E-state index in [-0.39, 0.29) is 24.2 Å². The molecular weight excluding hydrogens is 360 g/mol. The Balaban J connectivity index is 0.00000210. The smallest absolute Gasteiger partial charge is 0.228 e. The zero-order valence-corrected chi connectivity index (χ0v) is 16.4. The number of hydrogen-bond donors (Lipinski definition) is 2. The number of nitrogens with two attached hydrogens (primary N) is 1. The number of nitrogens with zero attached hydrogens (tertiary/aromatic N) is 2. The van der Waals surface area contributed by atoms with Gasteiger partial charge in [0, 0.05) is 24.6 Å². The Morgan fingerprint density at radius 3 is 2.56 bits per heavy atom. The van der Waals surface area contributed by atoms with E-state index >= 15 is 0 Å². The highest BCUT2D eigenvalue weighted by Crippen LogP contribution is 2.42. The third kappa shape index (κ3) is 4.53. The second kappa shape index (κ2) is 8.89. The summed E-state index contributed by atoms with van der Waals surface area (Å²) < 4.78 is 1.89. The minimum atomic E-state index is 0. The van der Waals surface area contributed by atoms with Gasteiger partial charge in [0.2, 0.25) is 5.91 Å². The van der Waals surface area contributed by atoms with Crippen molar-refractivity contribution in [2.75, 3.05) is 5.32 Å². The second-order valence-corrected chi connectivity index (χ2v) is 7.86. The fraction of sp³-hybridized carbons (Fsp3) is 0.524. The molecule has 1 aromatic heterocycles. The van der Waals surface area contributed by atoms with Crippen molar-refractivity contribution in [3.05, 3.63) is 48.2 Å². The van der Waals surface area contributed by atoms with Crippen LogP contribution in [0.5, 0.6) is 0 Å². The van der Waals surface area contributed by atoms with Crippen LogP contribution in [0.2, 0.25) is 0 Å². The summed E-state index contributed by atoms with van der Waals surface area (Å²) in [4.78, 5) is 12.8. The van der Waals surface area contributed by atoms with Crippen molar-refractivity contribution in [3.63, 3.8) is 0 Å². The highest BCUT2D eigenvalue weighted by Gasteiger charge is 2.40. The number of benzene rings is 1. The molecule has 0 spiro atoms. The third-order valence-corrected chi connectivity index (χ3v) is 6.21. The number of hydrogen-bond acceptors (Lipinski definition) is 3. The number of aryl methyl sites for hydroxylation is 2. The number of fused-ring (bicyclic) bond motifs is 2. The van der Waals surface area contributed by atoms with Crippen LogP contribution in [0.25, 0.3) is 0 Å². The van der Waals surface area contributed by atoms with Gasteiger partial charge < -0.3 is 11.1 Å². The summed E-state index contributed by atoms with van der Waals surface area (Å²) in [6.07, 6.45) is 8.14. The van der Waals surface area contributed by atoms with E-state index in [0.29, 0.717) is 17.9 Å². The topological polar surface area (TPSA) is 72.9 Å². The number of carbonyl (C=O) groups is 1. The van der Waals surface area contributed by atoms with Crippen LogP contribution in [0.15, 0.2) is 42.6 Å². The summed E-state index contributed by atoms with van der Waals surface area (Å²) in [5, 5.41) is 7.50. The molecule has 1 amide bonds. The molecule has 2 fully saturated rings. The fourth-order valence-corrected chi connectivity index (χ4v) is 4.73. The van der Waals surface area contributed by atoms with Gasteiger partial charge in [0.05, 0.1) is 6.20 Å². The van der Waals surface area contributed by atoms with Gasteiger partial charge in [-0.05, 0) is 49.5 Å². The average Bonchev–Trinajstić information content (AvgIpc) is 3.07. The first-order valence-electron chi connectivity index (χ1n) is 9.83. The zero-order valence-electron chi connectivity index (χ0n) is 15.6. The molecule has 0 aliphatic heterocycles. The Morgan fingerprint density at radius 2 is 1.85 bits per heavy atom. The SMILES string of the molecule is Cl.NC1C2CCCC1CC(C(=O)Nc1ccnn1CCc1ccccc1)C2. The molecule has 2 bridgehead atoms. The normalized spacial score (nSPS) is 26.9. The lowest BCUT2D eigenvalue weighted by atomic mass is 9.65. The summed E-state index contributed by atoms with van der Waals surface area (Å²) in [5.74, 6) is 2.05. The minimum absolute atomic E-state index is 0. The molecule has 2 unspecified atom stereocenters. The van der Waals surface area contributed by atoms with Gasteiger partial charge in [-0.3, -0.25) is 4.79 Å². The van der Waals surface area contributed by atoms with Gasteiger partial charge in [-0.25, -0.2) is 4.68 Å². The first kappa shape index (κ1) is 19.9. The largest absolute Gasteiger partial charge is 0.327 e. The molecule has 4 rings (SSSR count). The highest BCUT2D eigenvalue weighted by molar-refractivity contribution is 5.91. The molecule has 146 valence electrons. The lowest BCUT2D eigenvalue weighted by molar-refractivity contribution is -0.122. The number of aromatic nitrogens is 2. The first-order chi connectivity index (χ1) is 12.7. The predicted molar refractivity (Wildman–Crippen MR) is 110 cm³/mol. The van der Waals surface area contributed by atoms with Gasteiger partial charge in [0.15, 0.2) is 0 Å². The lowest BCUT2D eigenvalue weighted by Gasteiger charge is -2.43. The highest BCUT2D eigenvalue weighted by atomic mass is 35.5. The summed E-state index contributed by atoms with van der Waals surface area (Å²) in [6.45, 7) is 0.757. The van der Waals surface area contributed by atoms with Crippen LogP contribution >= 0.6 is 12.4 Å². The molecule has 2 atom stereocenters. The Hall–Kier alpha value is -1.85. The molecule has 1 heterocycles. The van der Waals surface area contributed by atoms with Crippen molar-refractivity contribution < 1.29 is 4.79 Å². The van der Waals surface area contributed by atoms with Crippen molar-refractivity contribution in [2.24, 2.45) is 23.5 Å². The number of nitrogens with one attached hydrogen (secondary N) is 1. The second-order valence-electron chi connectivity index (χ2n) is 7.86. The van der Waals surface area contributed by atoms with Crippen molar-refractivity contribution >= 4 is 24.1 Å². The van der Waals surface area contributed by atoms with Gasteiger partial charge in [0.25, 0.3) is 0 Å². The Kier molecular flexibility index (Phi) is 6.55. The summed E-state index contributed by atoms with van der Waals surface area (Å²) in [5.41, 5.74) is 7.63. The van der Waals surface area contributed by atoms with Crippen LogP contribution < -0.4 is 11.1 Å². The van der Waals surface area contributed by atoms with E-state index < -0.39 is 0 Å². The summed E-state index contributed by atoms with van der Waals surface area (Å²) in [6, 6.07) is 12.5. The Labute approximate surface area is 167 Å². The maximum atomic E-state index is 12.8. The molecule has 2 aromatic rings. The van der Waals surface area contributed by atoms with Crippen molar-refractivity contribution in [1.82, 2.24) is 9.78 Å². The molecule has 27 heavy (non-hydrogen) atoms. The molecule has 5 nitrogen and oxygen atoms in total. The number of halogens is 1. The quantitative estimate of drug-likeness (QED) is 0.821. The summed E-state index contributed by atoms with van der Waals surface area (Å²) in [7, 11) is 0. The van der Waals surface area contributed by atoms with E-state index in [1.165, 1.54) is 24.8 Å². The Bertz CT molecular complexity index is 734. The molecule has 2 aliphatic carbocycles. The van der Waals surface area contributed by atoms with E-state index in [9.17, 15) is 4.79 Å². The van der Waals surface area contributed by atoms with E-state index in [0.717, 1.165) is 31.6 Å². The van der Waals surface area contributed by atoms with E-state index in [2.05, 4.69) is 22.5 Å². The molecule has 3 N–H and O–H groups in total. The van der Waals surface area contributed by atoms with Crippen LogP contribution in [-0.2, 0) is 17.8 Å². The van der Waals surface area contributed by atoms with Gasteiger partial charge in [-0.2, -0.15) is 5.10 Å². The number of rotatable bonds is 5. The maximum Gasteiger partial charge on any atom is 0.228 e. The van der Waals surface area contributed by atoms with Crippen molar-refractivity contribution in [2.45, 2.75) is 51.1 Å². The van der Waals surface area contributed by atoms with Crippen LogP contribution in [0, 0.1) is 17.8 Å². The number of carbonyl (C=O) groups excluding carboxylic acids is 1. The predicted octanol–water partition coefficient (Wildman–Crippen LogP) is 3.64.